The third-order valence-corrected chi connectivity index (χ3v) is 4.30. The van der Waals surface area contributed by atoms with Gasteiger partial charge in [0.25, 0.3) is 0 Å². The van der Waals surface area contributed by atoms with E-state index >= 15 is 0 Å². The van der Waals surface area contributed by atoms with Crippen molar-refractivity contribution in [1.29, 1.82) is 0 Å². The second-order valence-electron chi connectivity index (χ2n) is 5.30. The lowest BCUT2D eigenvalue weighted by Crippen LogP contribution is -2.44. The Balaban J connectivity index is 2.76. The molecule has 0 bridgehead atoms. The summed E-state index contributed by atoms with van der Waals surface area (Å²) in [6.45, 7) is 5.09. The van der Waals surface area contributed by atoms with E-state index in [2.05, 4.69) is 4.98 Å². The van der Waals surface area contributed by atoms with Crippen molar-refractivity contribution in [3.8, 4) is 0 Å². The summed E-state index contributed by atoms with van der Waals surface area (Å²) in [7, 11) is 0. The van der Waals surface area contributed by atoms with Crippen LogP contribution in [0.3, 0.4) is 0 Å². The molecule has 1 aromatic heterocycles. The van der Waals surface area contributed by atoms with Gasteiger partial charge >= 0.3 is 11.9 Å². The van der Waals surface area contributed by atoms with Crippen molar-refractivity contribution in [2.45, 2.75) is 26.2 Å². The van der Waals surface area contributed by atoms with Crippen LogP contribution in [0.4, 0.5) is 0 Å². The van der Waals surface area contributed by atoms with Gasteiger partial charge in [-0.2, -0.15) is 0 Å². The van der Waals surface area contributed by atoms with E-state index in [0.29, 0.717) is 16.7 Å². The molecule has 5 nitrogen and oxygen atoms in total. The van der Waals surface area contributed by atoms with Crippen molar-refractivity contribution < 1.29 is 19.8 Å². The number of allylic oxidation sites excluding steroid dienone is 2. The zero-order chi connectivity index (χ0) is 15.8. The molecular weight excluding hydrogens is 270 g/mol. The Labute approximate surface area is 122 Å². The molecule has 0 amide bonds. The normalized spacial score (nSPS) is 25.5. The SMILES string of the molecule is CC1=CC(C(=O)O)(c2ccncc2)C(C)C(C(=O)O)=C1C. The molecule has 0 aliphatic heterocycles. The molecule has 0 saturated carbocycles. The average molecular weight is 287 g/mol. The van der Waals surface area contributed by atoms with Crippen LogP contribution in [-0.2, 0) is 15.0 Å². The highest BCUT2D eigenvalue weighted by atomic mass is 16.4. The molecule has 1 heterocycles. The van der Waals surface area contributed by atoms with Crippen LogP contribution in [0.1, 0.15) is 26.3 Å². The molecule has 0 saturated heterocycles. The van der Waals surface area contributed by atoms with E-state index in [0.717, 1.165) is 0 Å². The van der Waals surface area contributed by atoms with Crippen molar-refractivity contribution in [3.63, 3.8) is 0 Å². The van der Waals surface area contributed by atoms with Gasteiger partial charge in [-0.25, -0.2) is 4.79 Å². The van der Waals surface area contributed by atoms with E-state index < -0.39 is 23.3 Å². The molecule has 0 fully saturated rings. The average Bonchev–Trinajstić information content (AvgIpc) is 2.43. The van der Waals surface area contributed by atoms with Crippen molar-refractivity contribution >= 4 is 11.9 Å². The van der Waals surface area contributed by atoms with Gasteiger partial charge in [0.15, 0.2) is 0 Å². The fourth-order valence-electron chi connectivity index (χ4n) is 3.02. The molecule has 5 heteroatoms. The number of hydrogen-bond donors (Lipinski definition) is 2. The number of carboxylic acids is 2. The minimum atomic E-state index is -1.39. The van der Waals surface area contributed by atoms with Crippen molar-refractivity contribution in [2.24, 2.45) is 5.92 Å². The number of pyridine rings is 1. The Morgan fingerprint density at radius 1 is 1.19 bits per heavy atom. The fourth-order valence-corrected chi connectivity index (χ4v) is 3.02. The molecule has 1 aliphatic carbocycles. The summed E-state index contributed by atoms with van der Waals surface area (Å²) >= 11 is 0. The van der Waals surface area contributed by atoms with Crippen molar-refractivity contribution in [1.82, 2.24) is 4.98 Å². The molecule has 2 N–H and O–H groups in total. The molecular formula is C16H17NO4. The number of nitrogens with zero attached hydrogens (tertiary/aromatic N) is 1. The predicted molar refractivity (Wildman–Crippen MR) is 76.8 cm³/mol. The molecule has 110 valence electrons. The first kappa shape index (κ1) is 15.0. The summed E-state index contributed by atoms with van der Waals surface area (Å²) in [5.74, 6) is -2.82. The third kappa shape index (κ3) is 2.14. The van der Waals surface area contributed by atoms with Gasteiger partial charge in [-0.15, -0.1) is 0 Å². The van der Waals surface area contributed by atoms with Gasteiger partial charge in [0.05, 0.1) is 0 Å². The molecule has 2 unspecified atom stereocenters. The highest BCUT2D eigenvalue weighted by Gasteiger charge is 2.49. The number of aromatic nitrogens is 1. The fraction of sp³-hybridized carbons (Fsp3) is 0.312. The van der Waals surface area contributed by atoms with E-state index in [-0.39, 0.29) is 5.57 Å². The van der Waals surface area contributed by atoms with Crippen LogP contribution in [0.2, 0.25) is 0 Å². The Morgan fingerprint density at radius 3 is 2.24 bits per heavy atom. The Bertz CT molecular complexity index is 660. The first-order chi connectivity index (χ1) is 9.82. The molecule has 0 radical (unpaired) electrons. The van der Waals surface area contributed by atoms with Crippen LogP contribution in [0.15, 0.2) is 47.3 Å². The van der Waals surface area contributed by atoms with E-state index in [1.165, 1.54) is 12.4 Å². The predicted octanol–water partition coefficient (Wildman–Crippen LogP) is 2.40. The van der Waals surface area contributed by atoms with Crippen LogP contribution >= 0.6 is 0 Å². The zero-order valence-corrected chi connectivity index (χ0v) is 12.1. The third-order valence-electron chi connectivity index (χ3n) is 4.30. The standard InChI is InChI=1S/C16H17NO4/c1-9-8-16(15(20)21,12-4-6-17-7-5-12)11(3)13(10(9)2)14(18)19/h4-8,11H,1-3H3,(H,18,19)(H,20,21). The first-order valence-corrected chi connectivity index (χ1v) is 6.60. The second-order valence-corrected chi connectivity index (χ2v) is 5.30. The molecule has 2 atom stereocenters. The largest absolute Gasteiger partial charge is 0.480 e. The van der Waals surface area contributed by atoms with Crippen LogP contribution in [0, 0.1) is 5.92 Å². The van der Waals surface area contributed by atoms with E-state index in [1.54, 1.807) is 39.0 Å². The quantitative estimate of drug-likeness (QED) is 0.891. The van der Waals surface area contributed by atoms with Gasteiger partial charge in [0.2, 0.25) is 0 Å². The summed E-state index contributed by atoms with van der Waals surface area (Å²) < 4.78 is 0. The Hall–Kier alpha value is -2.43. The smallest absolute Gasteiger partial charge is 0.332 e. The van der Waals surface area contributed by atoms with Crippen LogP contribution < -0.4 is 0 Å². The summed E-state index contributed by atoms with van der Waals surface area (Å²) in [6, 6.07) is 3.24. The molecule has 21 heavy (non-hydrogen) atoms. The molecule has 0 spiro atoms. The number of hydrogen-bond acceptors (Lipinski definition) is 3. The van der Waals surface area contributed by atoms with Crippen LogP contribution in [0.5, 0.6) is 0 Å². The van der Waals surface area contributed by atoms with E-state index in [4.69, 9.17) is 0 Å². The summed E-state index contributed by atoms with van der Waals surface area (Å²) in [5.41, 5.74) is 0.586. The molecule has 0 aromatic carbocycles. The lowest BCUT2D eigenvalue weighted by Gasteiger charge is -2.38. The van der Waals surface area contributed by atoms with Crippen molar-refractivity contribution in [2.75, 3.05) is 0 Å². The number of carbonyl (C=O) groups is 2. The maximum Gasteiger partial charge on any atom is 0.332 e. The summed E-state index contributed by atoms with van der Waals surface area (Å²) in [4.78, 5) is 27.5. The van der Waals surface area contributed by atoms with Gasteiger partial charge in [-0.05, 0) is 37.1 Å². The van der Waals surface area contributed by atoms with Gasteiger partial charge < -0.3 is 10.2 Å². The molecule has 1 aromatic rings. The minimum absolute atomic E-state index is 0.147. The maximum absolute atomic E-state index is 12.0. The topological polar surface area (TPSA) is 87.5 Å². The van der Waals surface area contributed by atoms with Crippen molar-refractivity contribution in [3.05, 3.63) is 52.9 Å². The zero-order valence-electron chi connectivity index (χ0n) is 12.1. The maximum atomic E-state index is 12.0. The highest BCUT2D eigenvalue weighted by molar-refractivity contribution is 5.95. The highest BCUT2D eigenvalue weighted by Crippen LogP contribution is 2.44. The van der Waals surface area contributed by atoms with Gasteiger partial charge in [0.1, 0.15) is 5.41 Å². The van der Waals surface area contributed by atoms with Gasteiger partial charge in [-0.1, -0.05) is 18.6 Å². The Kier molecular flexibility index (Phi) is 3.68. The van der Waals surface area contributed by atoms with Gasteiger partial charge in [0, 0.05) is 23.9 Å². The monoisotopic (exact) mass is 287 g/mol. The minimum Gasteiger partial charge on any atom is -0.480 e. The van der Waals surface area contributed by atoms with E-state index in [9.17, 15) is 19.8 Å². The first-order valence-electron chi connectivity index (χ1n) is 6.60. The molecule has 1 aliphatic rings. The number of rotatable bonds is 3. The van der Waals surface area contributed by atoms with Crippen LogP contribution in [-0.4, -0.2) is 27.1 Å². The van der Waals surface area contributed by atoms with Gasteiger partial charge in [-0.3, -0.25) is 9.78 Å². The Morgan fingerprint density at radius 2 is 1.76 bits per heavy atom. The molecule has 2 rings (SSSR count). The number of carboxylic acid groups (broad SMARTS) is 2. The second kappa shape index (κ2) is 5.16. The summed E-state index contributed by atoms with van der Waals surface area (Å²) in [6.07, 6.45) is 4.68. The lowest BCUT2D eigenvalue weighted by atomic mass is 9.63. The summed E-state index contributed by atoms with van der Waals surface area (Å²) in [5, 5.41) is 19.3. The number of aliphatic carboxylic acids is 2. The van der Waals surface area contributed by atoms with Crippen LogP contribution in [0.25, 0.3) is 0 Å². The lowest BCUT2D eigenvalue weighted by molar-refractivity contribution is -0.143. The van der Waals surface area contributed by atoms with E-state index in [1.807, 2.05) is 0 Å².